The molecule has 0 aliphatic rings. The number of halogens is 2. The molecule has 8 heteroatoms. The summed E-state index contributed by atoms with van der Waals surface area (Å²) in [4.78, 5) is 12.1. The van der Waals surface area contributed by atoms with Gasteiger partial charge in [-0.2, -0.15) is 0 Å². The normalized spacial score (nSPS) is 10.9. The Morgan fingerprint density at radius 1 is 1.17 bits per heavy atom. The second-order valence-electron chi connectivity index (χ2n) is 6.10. The third kappa shape index (κ3) is 5.38. The van der Waals surface area contributed by atoms with Crippen molar-refractivity contribution in [2.24, 2.45) is 0 Å². The molecule has 0 saturated heterocycles. The first-order valence-electron chi connectivity index (χ1n) is 8.47. The fraction of sp³-hybridized carbons (Fsp3) is 0.0476. The Bertz CT molecular complexity index is 1110. The lowest BCUT2D eigenvalue weighted by Gasteiger charge is -2.10. The van der Waals surface area contributed by atoms with Crippen molar-refractivity contribution in [1.82, 2.24) is 5.32 Å². The van der Waals surface area contributed by atoms with E-state index >= 15 is 0 Å². The van der Waals surface area contributed by atoms with E-state index in [9.17, 15) is 9.90 Å². The number of phenolic OH excluding ortho intramolecular Hbond substituents is 1. The van der Waals surface area contributed by atoms with Crippen LogP contribution in [-0.4, -0.2) is 16.1 Å². The van der Waals surface area contributed by atoms with Gasteiger partial charge in [-0.3, -0.25) is 10.1 Å². The minimum Gasteiger partial charge on any atom is -0.506 e. The molecule has 0 fully saturated rings. The summed E-state index contributed by atoms with van der Waals surface area (Å²) in [6.45, 7) is 1.88. The number of anilines is 1. The number of thiocarbonyl (C=S) groups is 1. The SMILES string of the molecule is Cc1ccc(O)c(NC(=S)NC(=O)C=Cc2ccc(-c3cccc(Cl)c3Cl)o2)c1. The molecule has 148 valence electrons. The maximum atomic E-state index is 12.1. The van der Waals surface area contributed by atoms with Crippen LogP contribution >= 0.6 is 35.4 Å². The number of carbonyl (C=O) groups excluding carboxylic acids is 1. The molecular weight excluding hydrogens is 431 g/mol. The number of furan rings is 1. The largest absolute Gasteiger partial charge is 0.506 e. The monoisotopic (exact) mass is 446 g/mol. The van der Waals surface area contributed by atoms with Gasteiger partial charge in [-0.25, -0.2) is 0 Å². The molecule has 0 unspecified atom stereocenters. The first kappa shape index (κ1) is 20.9. The number of rotatable bonds is 4. The van der Waals surface area contributed by atoms with Crippen LogP contribution in [0.4, 0.5) is 5.69 Å². The van der Waals surface area contributed by atoms with Crippen LogP contribution in [0.5, 0.6) is 5.75 Å². The number of carbonyl (C=O) groups is 1. The van der Waals surface area contributed by atoms with Crippen molar-refractivity contribution in [3.05, 3.63) is 76.0 Å². The number of aromatic hydroxyl groups is 1. The Hall–Kier alpha value is -2.80. The summed E-state index contributed by atoms with van der Waals surface area (Å²) < 4.78 is 5.69. The highest BCUT2D eigenvalue weighted by Gasteiger charge is 2.10. The maximum Gasteiger partial charge on any atom is 0.250 e. The van der Waals surface area contributed by atoms with Crippen LogP contribution in [0.3, 0.4) is 0 Å². The minimum atomic E-state index is -0.451. The predicted molar refractivity (Wildman–Crippen MR) is 120 cm³/mol. The molecule has 3 rings (SSSR count). The average Bonchev–Trinajstić information content (AvgIpc) is 3.14. The van der Waals surface area contributed by atoms with Crippen LogP contribution in [0, 0.1) is 6.92 Å². The minimum absolute atomic E-state index is 0.0329. The van der Waals surface area contributed by atoms with Gasteiger partial charge in [-0.1, -0.05) is 35.3 Å². The van der Waals surface area contributed by atoms with E-state index < -0.39 is 5.91 Å². The van der Waals surface area contributed by atoms with Crippen molar-refractivity contribution in [2.45, 2.75) is 6.92 Å². The summed E-state index contributed by atoms with van der Waals surface area (Å²) in [5.41, 5.74) is 2.01. The standard InChI is InChI=1S/C21H16Cl2N2O3S/c1-12-5-8-17(26)16(11-12)24-21(29)25-19(27)10-7-13-6-9-18(28-13)14-3-2-4-15(22)20(14)23/h2-11,26H,1H3,(H2,24,25,27,29). The van der Waals surface area contributed by atoms with Crippen LogP contribution in [-0.2, 0) is 4.79 Å². The third-order valence-corrected chi connectivity index (χ3v) is 4.90. The highest BCUT2D eigenvalue weighted by Crippen LogP contribution is 2.34. The van der Waals surface area contributed by atoms with Gasteiger partial charge in [0.15, 0.2) is 5.11 Å². The molecule has 3 aromatic rings. The van der Waals surface area contributed by atoms with Crippen molar-refractivity contribution in [3.8, 4) is 17.1 Å². The number of phenols is 1. The average molecular weight is 447 g/mol. The summed E-state index contributed by atoms with van der Waals surface area (Å²) in [6.07, 6.45) is 2.79. The lowest BCUT2D eigenvalue weighted by atomic mass is 10.2. The molecule has 2 aromatic carbocycles. The molecule has 0 radical (unpaired) electrons. The highest BCUT2D eigenvalue weighted by molar-refractivity contribution is 7.80. The van der Waals surface area contributed by atoms with Gasteiger partial charge in [0.2, 0.25) is 5.91 Å². The smallest absolute Gasteiger partial charge is 0.250 e. The van der Waals surface area contributed by atoms with Gasteiger partial charge < -0.3 is 14.8 Å². The van der Waals surface area contributed by atoms with Crippen molar-refractivity contribution < 1.29 is 14.3 Å². The highest BCUT2D eigenvalue weighted by atomic mass is 35.5. The van der Waals surface area contributed by atoms with Crippen molar-refractivity contribution in [3.63, 3.8) is 0 Å². The summed E-state index contributed by atoms with van der Waals surface area (Å²) in [7, 11) is 0. The molecule has 0 spiro atoms. The molecule has 29 heavy (non-hydrogen) atoms. The van der Waals surface area contributed by atoms with Crippen LogP contribution in [0.1, 0.15) is 11.3 Å². The van der Waals surface area contributed by atoms with Crippen molar-refractivity contribution in [1.29, 1.82) is 0 Å². The lowest BCUT2D eigenvalue weighted by Crippen LogP contribution is -2.32. The Balaban J connectivity index is 1.62. The Morgan fingerprint density at radius 2 is 1.97 bits per heavy atom. The fourth-order valence-electron chi connectivity index (χ4n) is 2.50. The summed E-state index contributed by atoms with van der Waals surface area (Å²) in [5.74, 6) is 0.574. The number of benzene rings is 2. The maximum absolute atomic E-state index is 12.1. The predicted octanol–water partition coefficient (Wildman–Crippen LogP) is 5.79. The van der Waals surface area contributed by atoms with Gasteiger partial charge in [0, 0.05) is 11.6 Å². The van der Waals surface area contributed by atoms with E-state index in [1.165, 1.54) is 12.2 Å². The zero-order chi connectivity index (χ0) is 21.0. The lowest BCUT2D eigenvalue weighted by molar-refractivity contribution is -0.115. The number of hydrogen-bond acceptors (Lipinski definition) is 4. The molecule has 0 saturated carbocycles. The van der Waals surface area contributed by atoms with Gasteiger partial charge in [0.1, 0.15) is 17.3 Å². The van der Waals surface area contributed by atoms with Gasteiger partial charge in [0.25, 0.3) is 0 Å². The Labute approximate surface area is 182 Å². The van der Waals surface area contributed by atoms with E-state index in [-0.39, 0.29) is 10.9 Å². The van der Waals surface area contributed by atoms with Crippen molar-refractivity contribution >= 4 is 58.2 Å². The number of aryl methyl sites for hydroxylation is 1. The molecule has 5 nitrogen and oxygen atoms in total. The second kappa shape index (κ2) is 9.13. The van der Waals surface area contributed by atoms with Gasteiger partial charge in [0.05, 0.1) is 15.7 Å². The molecule has 1 aromatic heterocycles. The molecule has 1 heterocycles. The van der Waals surface area contributed by atoms with E-state index in [4.69, 9.17) is 39.8 Å². The van der Waals surface area contributed by atoms with E-state index in [1.807, 2.05) is 6.92 Å². The molecule has 3 N–H and O–H groups in total. The fourth-order valence-corrected chi connectivity index (χ4v) is 3.10. The summed E-state index contributed by atoms with van der Waals surface area (Å²) in [5, 5.41) is 16.0. The zero-order valence-corrected chi connectivity index (χ0v) is 17.5. The molecule has 0 aliphatic carbocycles. The Kier molecular flexibility index (Phi) is 6.59. The topological polar surface area (TPSA) is 74.5 Å². The second-order valence-corrected chi connectivity index (χ2v) is 7.29. The summed E-state index contributed by atoms with van der Waals surface area (Å²) >= 11 is 17.3. The van der Waals surface area contributed by atoms with Crippen molar-refractivity contribution in [2.75, 3.05) is 5.32 Å². The number of nitrogens with one attached hydrogen (secondary N) is 2. The zero-order valence-electron chi connectivity index (χ0n) is 15.2. The molecular formula is C21H16Cl2N2O3S. The molecule has 1 amide bonds. The van der Waals surface area contributed by atoms with Gasteiger partial charge in [-0.15, -0.1) is 0 Å². The molecule has 0 aliphatic heterocycles. The quantitative estimate of drug-likeness (QED) is 0.268. The van der Waals surface area contributed by atoms with E-state index in [0.717, 1.165) is 5.56 Å². The first-order valence-corrected chi connectivity index (χ1v) is 9.64. The number of amides is 1. The van der Waals surface area contributed by atoms with E-state index in [2.05, 4.69) is 10.6 Å². The van der Waals surface area contributed by atoms with Crippen LogP contribution in [0.2, 0.25) is 10.0 Å². The van der Waals surface area contributed by atoms with Crippen LogP contribution < -0.4 is 10.6 Å². The van der Waals surface area contributed by atoms with Crippen LogP contribution in [0.25, 0.3) is 17.4 Å². The number of hydrogen-bond donors (Lipinski definition) is 3. The van der Waals surface area contributed by atoms with Crippen LogP contribution in [0.15, 0.2) is 59.0 Å². The molecule has 0 bridgehead atoms. The van der Waals surface area contributed by atoms with Gasteiger partial charge in [-0.05, 0) is 67.2 Å². The van der Waals surface area contributed by atoms with Gasteiger partial charge >= 0.3 is 0 Å². The Morgan fingerprint density at radius 3 is 2.76 bits per heavy atom. The first-order chi connectivity index (χ1) is 13.8. The van der Waals surface area contributed by atoms with E-state index in [0.29, 0.717) is 32.8 Å². The molecule has 0 atom stereocenters. The third-order valence-electron chi connectivity index (χ3n) is 3.88. The van der Waals surface area contributed by atoms with E-state index in [1.54, 1.807) is 48.5 Å². The summed E-state index contributed by atoms with van der Waals surface area (Å²) in [6, 6.07) is 13.7.